The van der Waals surface area contributed by atoms with Crippen LogP contribution in [-0.4, -0.2) is 15.6 Å². The highest BCUT2D eigenvalue weighted by molar-refractivity contribution is 5.33. The minimum Gasteiger partial charge on any atom is -0.363 e. The van der Waals surface area contributed by atoms with Gasteiger partial charge in [0.2, 0.25) is 0 Å². The molecule has 104 valence electrons. The van der Waals surface area contributed by atoms with Crippen molar-refractivity contribution in [3.63, 3.8) is 0 Å². The molecule has 0 spiro atoms. The van der Waals surface area contributed by atoms with E-state index in [4.69, 9.17) is 0 Å². The van der Waals surface area contributed by atoms with Gasteiger partial charge in [0.05, 0.1) is 0 Å². The van der Waals surface area contributed by atoms with Gasteiger partial charge in [0.15, 0.2) is 5.82 Å². The number of rotatable bonds is 3. The van der Waals surface area contributed by atoms with E-state index in [1.807, 2.05) is 10.8 Å². The molecule has 1 aromatic heterocycles. The van der Waals surface area contributed by atoms with Crippen LogP contribution in [0.4, 0.5) is 5.82 Å². The Labute approximate surface area is 114 Å². The lowest BCUT2D eigenvalue weighted by Crippen LogP contribution is -2.33. The third-order valence-electron chi connectivity index (χ3n) is 4.49. The van der Waals surface area contributed by atoms with E-state index in [2.05, 4.69) is 24.1 Å². The van der Waals surface area contributed by atoms with Crippen molar-refractivity contribution in [3.8, 4) is 0 Å². The molecule has 4 nitrogen and oxygen atoms in total. The highest BCUT2D eigenvalue weighted by atomic mass is 16.1. The topological polar surface area (TPSA) is 46.9 Å². The zero-order valence-electron chi connectivity index (χ0n) is 11.9. The van der Waals surface area contributed by atoms with Crippen LogP contribution in [0.2, 0.25) is 0 Å². The first-order valence-corrected chi connectivity index (χ1v) is 7.39. The highest BCUT2D eigenvalue weighted by Crippen LogP contribution is 2.36. The Hall–Kier alpha value is -1.32. The third-order valence-corrected chi connectivity index (χ3v) is 4.49. The summed E-state index contributed by atoms with van der Waals surface area (Å²) in [5.74, 6) is 0.541. The molecule has 0 atom stereocenters. The molecule has 0 radical (unpaired) electrons. The smallest absolute Gasteiger partial charge is 0.293 e. The average Bonchev–Trinajstić information content (AvgIpc) is 3.18. The molecule has 0 saturated heterocycles. The molecule has 2 aliphatic carbocycles. The molecule has 0 aliphatic heterocycles. The number of hydrogen-bond donors (Lipinski definition) is 1. The lowest BCUT2D eigenvalue weighted by Gasteiger charge is -2.34. The fraction of sp³-hybridized carbons (Fsp3) is 0.733. The maximum absolute atomic E-state index is 12.3. The maximum atomic E-state index is 12.3. The van der Waals surface area contributed by atoms with Crippen LogP contribution >= 0.6 is 0 Å². The van der Waals surface area contributed by atoms with Gasteiger partial charge < -0.3 is 9.88 Å². The second-order valence-corrected chi connectivity index (χ2v) is 6.80. The summed E-state index contributed by atoms with van der Waals surface area (Å²) < 4.78 is 1.84. The Balaban J connectivity index is 1.70. The van der Waals surface area contributed by atoms with Gasteiger partial charge in [-0.05, 0) is 43.9 Å². The van der Waals surface area contributed by atoms with Crippen molar-refractivity contribution in [2.45, 2.75) is 64.5 Å². The van der Waals surface area contributed by atoms with Crippen LogP contribution in [0.15, 0.2) is 17.2 Å². The number of nitrogens with zero attached hydrogens (tertiary/aromatic N) is 2. The minimum absolute atomic E-state index is 0.0508. The van der Waals surface area contributed by atoms with Crippen molar-refractivity contribution in [1.29, 1.82) is 0 Å². The summed E-state index contributed by atoms with van der Waals surface area (Å²) in [6.45, 7) is 4.65. The number of anilines is 1. The number of aromatic nitrogens is 2. The van der Waals surface area contributed by atoms with Gasteiger partial charge in [-0.2, -0.15) is 0 Å². The zero-order valence-corrected chi connectivity index (χ0v) is 11.9. The molecule has 0 aromatic carbocycles. The van der Waals surface area contributed by atoms with Gasteiger partial charge in [0, 0.05) is 24.5 Å². The SMILES string of the molecule is CC1(C)CCC(Nc2nccn(C3CC3)c2=O)CC1. The fourth-order valence-electron chi connectivity index (χ4n) is 2.90. The predicted molar refractivity (Wildman–Crippen MR) is 76.4 cm³/mol. The second kappa shape index (κ2) is 4.66. The third kappa shape index (κ3) is 2.82. The first kappa shape index (κ1) is 12.7. The average molecular weight is 261 g/mol. The standard InChI is InChI=1S/C15H23N3O/c1-15(2)7-5-11(6-8-15)17-13-14(19)18(10-9-16-13)12-3-4-12/h9-12H,3-8H2,1-2H3,(H,16,17). The molecule has 2 aliphatic rings. The van der Waals surface area contributed by atoms with E-state index in [0.717, 1.165) is 25.7 Å². The predicted octanol–water partition coefficient (Wildman–Crippen LogP) is 2.96. The van der Waals surface area contributed by atoms with Crippen molar-refractivity contribution in [2.75, 3.05) is 5.32 Å². The first-order chi connectivity index (χ1) is 9.05. The molecular weight excluding hydrogens is 238 g/mol. The summed E-state index contributed by atoms with van der Waals surface area (Å²) in [5, 5.41) is 3.37. The van der Waals surface area contributed by atoms with Crippen LogP contribution in [0.25, 0.3) is 0 Å². The van der Waals surface area contributed by atoms with Crippen molar-refractivity contribution in [2.24, 2.45) is 5.41 Å². The van der Waals surface area contributed by atoms with Crippen LogP contribution in [0, 0.1) is 5.41 Å². The summed E-state index contributed by atoms with van der Waals surface area (Å²) in [4.78, 5) is 16.5. The van der Waals surface area contributed by atoms with E-state index in [1.54, 1.807) is 6.20 Å². The first-order valence-electron chi connectivity index (χ1n) is 7.39. The van der Waals surface area contributed by atoms with Gasteiger partial charge in [-0.15, -0.1) is 0 Å². The summed E-state index contributed by atoms with van der Waals surface area (Å²) >= 11 is 0. The Bertz CT molecular complexity index is 506. The molecule has 0 unspecified atom stereocenters. The van der Waals surface area contributed by atoms with Gasteiger partial charge in [-0.1, -0.05) is 13.8 Å². The summed E-state index contributed by atoms with van der Waals surface area (Å²) in [6.07, 6.45) is 10.5. The highest BCUT2D eigenvalue weighted by Gasteiger charge is 2.28. The van der Waals surface area contributed by atoms with Gasteiger partial charge in [-0.3, -0.25) is 4.79 Å². The fourth-order valence-corrected chi connectivity index (χ4v) is 2.90. The van der Waals surface area contributed by atoms with Gasteiger partial charge in [0.1, 0.15) is 0 Å². The van der Waals surface area contributed by atoms with E-state index in [-0.39, 0.29) is 5.56 Å². The largest absolute Gasteiger partial charge is 0.363 e. The molecule has 2 fully saturated rings. The van der Waals surface area contributed by atoms with Crippen molar-refractivity contribution < 1.29 is 0 Å². The second-order valence-electron chi connectivity index (χ2n) is 6.80. The maximum Gasteiger partial charge on any atom is 0.293 e. The van der Waals surface area contributed by atoms with Crippen molar-refractivity contribution in [1.82, 2.24) is 9.55 Å². The zero-order chi connectivity index (χ0) is 13.5. The molecule has 0 amide bonds. The minimum atomic E-state index is 0.0508. The van der Waals surface area contributed by atoms with Gasteiger partial charge in [0.25, 0.3) is 5.56 Å². The number of hydrogen-bond acceptors (Lipinski definition) is 3. The van der Waals surface area contributed by atoms with E-state index in [1.165, 1.54) is 12.8 Å². The number of nitrogens with one attached hydrogen (secondary N) is 1. The van der Waals surface area contributed by atoms with Crippen LogP contribution in [0.3, 0.4) is 0 Å². The quantitative estimate of drug-likeness (QED) is 0.910. The summed E-state index contributed by atoms with van der Waals surface area (Å²) in [6, 6.07) is 0.824. The van der Waals surface area contributed by atoms with E-state index in [0.29, 0.717) is 23.3 Å². The van der Waals surface area contributed by atoms with Crippen LogP contribution in [-0.2, 0) is 0 Å². The molecule has 19 heavy (non-hydrogen) atoms. The summed E-state index contributed by atoms with van der Waals surface area (Å²) in [7, 11) is 0. The van der Waals surface area contributed by atoms with Crippen molar-refractivity contribution >= 4 is 5.82 Å². The van der Waals surface area contributed by atoms with Crippen molar-refractivity contribution in [3.05, 3.63) is 22.7 Å². The normalized spacial score (nSPS) is 23.3. The van der Waals surface area contributed by atoms with Crippen LogP contribution in [0.1, 0.15) is 58.4 Å². The summed E-state index contributed by atoms with van der Waals surface area (Å²) in [5.41, 5.74) is 0.506. The monoisotopic (exact) mass is 261 g/mol. The van der Waals surface area contributed by atoms with Gasteiger partial charge in [-0.25, -0.2) is 4.98 Å². The van der Waals surface area contributed by atoms with E-state index in [9.17, 15) is 4.79 Å². The Morgan fingerprint density at radius 1 is 1.26 bits per heavy atom. The molecule has 2 saturated carbocycles. The molecule has 3 rings (SSSR count). The molecule has 1 N–H and O–H groups in total. The van der Waals surface area contributed by atoms with E-state index < -0.39 is 0 Å². The van der Waals surface area contributed by atoms with Crippen LogP contribution in [0.5, 0.6) is 0 Å². The Morgan fingerprint density at radius 2 is 1.95 bits per heavy atom. The molecule has 1 heterocycles. The molecule has 0 bridgehead atoms. The lowest BCUT2D eigenvalue weighted by atomic mass is 9.75. The Kier molecular flexibility index (Phi) is 3.11. The molecular formula is C15H23N3O. The lowest BCUT2D eigenvalue weighted by molar-refractivity contribution is 0.232. The van der Waals surface area contributed by atoms with E-state index >= 15 is 0 Å². The van der Waals surface area contributed by atoms with Crippen LogP contribution < -0.4 is 10.9 Å². The molecule has 4 heteroatoms. The Morgan fingerprint density at radius 3 is 2.58 bits per heavy atom. The molecule has 1 aromatic rings. The van der Waals surface area contributed by atoms with Gasteiger partial charge >= 0.3 is 0 Å².